The van der Waals surface area contributed by atoms with Gasteiger partial charge in [-0.05, 0) is 40.8 Å². The van der Waals surface area contributed by atoms with Gasteiger partial charge >= 0.3 is 10.2 Å². The molecule has 1 heterocycles. The number of halogens is 3. The molecule has 4 nitrogen and oxygen atoms in total. The van der Waals surface area contributed by atoms with Crippen LogP contribution in [0.3, 0.4) is 0 Å². The van der Waals surface area contributed by atoms with Gasteiger partial charge in [0.05, 0.1) is 11.4 Å². The van der Waals surface area contributed by atoms with E-state index < -0.39 is 21.9 Å². The number of rotatable bonds is 3. The summed E-state index contributed by atoms with van der Waals surface area (Å²) < 4.78 is 35.7. The summed E-state index contributed by atoms with van der Waals surface area (Å²) in [5.74, 6) is -1.25. The number of amides is 1. The summed E-state index contributed by atoms with van der Waals surface area (Å²) in [4.78, 5) is 13.4. The lowest BCUT2D eigenvalue weighted by Crippen LogP contribution is -2.26. The first-order valence-corrected chi connectivity index (χ1v) is 8.86. The van der Waals surface area contributed by atoms with E-state index in [2.05, 4.69) is 38.5 Å². The van der Waals surface area contributed by atoms with Crippen LogP contribution in [0.4, 0.5) is 9.57 Å². The molecular weight excluding hydrogens is 452 g/mol. The minimum absolute atomic E-state index is 0.0648. The summed E-state index contributed by atoms with van der Waals surface area (Å²) in [6.07, 6.45) is 0.0648. The van der Waals surface area contributed by atoms with Crippen LogP contribution in [0.1, 0.15) is 6.42 Å². The maximum atomic E-state index is 12.7. The van der Waals surface area contributed by atoms with Crippen molar-refractivity contribution < 1.29 is 17.1 Å². The van der Waals surface area contributed by atoms with Crippen molar-refractivity contribution in [2.24, 2.45) is 5.92 Å². The SMILES string of the molecule is O=C1CC(CS(=O)(=O)F)CN1c1ccc(Br)cc1I. The minimum atomic E-state index is -4.54. The van der Waals surface area contributed by atoms with E-state index in [-0.39, 0.29) is 18.9 Å². The third kappa shape index (κ3) is 3.88. The molecule has 1 saturated heterocycles. The molecule has 1 aliphatic heterocycles. The van der Waals surface area contributed by atoms with Crippen LogP contribution in [0.2, 0.25) is 0 Å². The molecule has 0 N–H and O–H groups in total. The first kappa shape index (κ1) is 15.2. The smallest absolute Gasteiger partial charge is 0.302 e. The van der Waals surface area contributed by atoms with E-state index in [1.807, 2.05) is 12.1 Å². The van der Waals surface area contributed by atoms with Crippen molar-refractivity contribution in [1.29, 1.82) is 0 Å². The number of hydrogen-bond acceptors (Lipinski definition) is 3. The van der Waals surface area contributed by atoms with Gasteiger partial charge in [-0.25, -0.2) is 0 Å². The van der Waals surface area contributed by atoms with Crippen molar-refractivity contribution in [3.05, 3.63) is 26.2 Å². The topological polar surface area (TPSA) is 54.5 Å². The molecule has 8 heteroatoms. The van der Waals surface area contributed by atoms with Gasteiger partial charge in [0.25, 0.3) is 0 Å². The van der Waals surface area contributed by atoms with E-state index in [1.54, 1.807) is 6.07 Å². The second kappa shape index (κ2) is 5.65. The van der Waals surface area contributed by atoms with E-state index in [0.29, 0.717) is 0 Å². The molecule has 1 amide bonds. The summed E-state index contributed by atoms with van der Waals surface area (Å²) >= 11 is 5.44. The Hall–Kier alpha value is -0.220. The summed E-state index contributed by atoms with van der Waals surface area (Å²) in [7, 11) is -4.54. The molecule has 0 radical (unpaired) electrons. The highest BCUT2D eigenvalue weighted by atomic mass is 127. The highest BCUT2D eigenvalue weighted by Gasteiger charge is 2.34. The van der Waals surface area contributed by atoms with Gasteiger partial charge < -0.3 is 4.90 Å². The van der Waals surface area contributed by atoms with E-state index in [9.17, 15) is 17.1 Å². The Labute approximate surface area is 132 Å². The monoisotopic (exact) mass is 461 g/mol. The lowest BCUT2D eigenvalue weighted by atomic mass is 10.1. The van der Waals surface area contributed by atoms with Crippen LogP contribution in [0, 0.1) is 9.49 Å². The van der Waals surface area contributed by atoms with E-state index in [0.717, 1.165) is 13.7 Å². The van der Waals surface area contributed by atoms with Gasteiger partial charge in [-0.2, -0.15) is 8.42 Å². The number of hydrogen-bond donors (Lipinski definition) is 0. The van der Waals surface area contributed by atoms with Crippen LogP contribution in [0.15, 0.2) is 22.7 Å². The predicted molar refractivity (Wildman–Crippen MR) is 82.2 cm³/mol. The first-order valence-electron chi connectivity index (χ1n) is 5.44. The van der Waals surface area contributed by atoms with Gasteiger partial charge in [0.1, 0.15) is 0 Å². The number of carbonyl (C=O) groups excluding carboxylic acids is 1. The molecule has 0 bridgehead atoms. The summed E-state index contributed by atoms with van der Waals surface area (Å²) in [5, 5.41) is 0. The van der Waals surface area contributed by atoms with E-state index in [4.69, 9.17) is 0 Å². The van der Waals surface area contributed by atoms with Crippen molar-refractivity contribution in [2.45, 2.75) is 6.42 Å². The minimum Gasteiger partial charge on any atom is -0.311 e. The van der Waals surface area contributed by atoms with Gasteiger partial charge in [-0.3, -0.25) is 4.79 Å². The zero-order valence-electron chi connectivity index (χ0n) is 9.64. The highest BCUT2D eigenvalue weighted by Crippen LogP contribution is 2.31. The predicted octanol–water partition coefficient (Wildman–Crippen LogP) is 2.71. The van der Waals surface area contributed by atoms with Gasteiger partial charge in [0, 0.05) is 26.9 Å². The van der Waals surface area contributed by atoms with E-state index >= 15 is 0 Å². The van der Waals surface area contributed by atoms with Crippen molar-refractivity contribution in [1.82, 2.24) is 0 Å². The highest BCUT2D eigenvalue weighted by molar-refractivity contribution is 14.1. The molecule has 0 saturated carbocycles. The number of anilines is 1. The Balaban J connectivity index is 2.20. The van der Waals surface area contributed by atoms with Crippen molar-refractivity contribution in [3.8, 4) is 0 Å². The molecule has 2 rings (SSSR count). The van der Waals surface area contributed by atoms with Crippen LogP contribution in [-0.2, 0) is 15.0 Å². The molecule has 1 fully saturated rings. The van der Waals surface area contributed by atoms with Gasteiger partial charge in [-0.1, -0.05) is 15.9 Å². The lowest BCUT2D eigenvalue weighted by molar-refractivity contribution is -0.117. The summed E-state index contributed by atoms with van der Waals surface area (Å²) in [6, 6.07) is 5.46. The average molecular weight is 462 g/mol. The molecule has 1 atom stereocenters. The van der Waals surface area contributed by atoms with Crippen LogP contribution < -0.4 is 4.90 Å². The third-order valence-electron chi connectivity index (χ3n) is 2.84. The zero-order chi connectivity index (χ0) is 14.2. The molecular formula is C11H10BrFINO3S. The van der Waals surface area contributed by atoms with Crippen molar-refractivity contribution in [2.75, 3.05) is 17.2 Å². The Bertz CT molecular complexity index is 622. The summed E-state index contributed by atoms with van der Waals surface area (Å²) in [5.41, 5.74) is 0.729. The fourth-order valence-electron chi connectivity index (χ4n) is 2.11. The quantitative estimate of drug-likeness (QED) is 0.513. The Morgan fingerprint density at radius 1 is 1.47 bits per heavy atom. The van der Waals surface area contributed by atoms with Gasteiger partial charge in [0.15, 0.2) is 0 Å². The molecule has 0 aliphatic carbocycles. The standard InChI is InChI=1S/C11H10BrFINO3S/c12-8-1-2-10(9(14)4-8)15-5-7(3-11(15)16)6-19(13,17)18/h1-2,4,7H,3,5-6H2. The number of nitrogens with zero attached hydrogens (tertiary/aromatic N) is 1. The average Bonchev–Trinajstić information content (AvgIpc) is 2.56. The van der Waals surface area contributed by atoms with Gasteiger partial charge in [-0.15, -0.1) is 3.89 Å². The second-order valence-corrected chi connectivity index (χ2v) is 7.86. The molecule has 1 aliphatic rings. The molecule has 104 valence electrons. The van der Waals surface area contributed by atoms with Crippen LogP contribution in [-0.4, -0.2) is 26.6 Å². The summed E-state index contributed by atoms with van der Waals surface area (Å²) in [6.45, 7) is 0.236. The van der Waals surface area contributed by atoms with E-state index in [1.165, 1.54) is 4.90 Å². The zero-order valence-corrected chi connectivity index (χ0v) is 14.2. The molecule has 19 heavy (non-hydrogen) atoms. The normalized spacial score (nSPS) is 20.1. The Morgan fingerprint density at radius 3 is 2.74 bits per heavy atom. The fourth-order valence-corrected chi connectivity index (χ4v) is 4.49. The third-order valence-corrected chi connectivity index (χ3v) is 5.07. The van der Waals surface area contributed by atoms with Crippen LogP contribution in [0.25, 0.3) is 0 Å². The Morgan fingerprint density at radius 2 is 2.16 bits per heavy atom. The van der Waals surface area contributed by atoms with Crippen LogP contribution >= 0.6 is 38.5 Å². The van der Waals surface area contributed by atoms with Crippen LogP contribution in [0.5, 0.6) is 0 Å². The fraction of sp³-hybridized carbons (Fsp3) is 0.364. The maximum Gasteiger partial charge on any atom is 0.302 e. The molecule has 1 aromatic rings. The molecule has 1 unspecified atom stereocenters. The van der Waals surface area contributed by atoms with Gasteiger partial charge in [0.2, 0.25) is 5.91 Å². The first-order chi connectivity index (χ1) is 8.76. The lowest BCUT2D eigenvalue weighted by Gasteiger charge is -2.18. The second-order valence-electron chi connectivity index (χ2n) is 4.38. The number of benzene rings is 1. The maximum absolute atomic E-state index is 12.7. The Kier molecular flexibility index (Phi) is 4.51. The molecule has 0 aromatic heterocycles. The van der Waals surface area contributed by atoms with Crippen molar-refractivity contribution >= 4 is 60.3 Å². The van der Waals surface area contributed by atoms with Crippen molar-refractivity contribution in [3.63, 3.8) is 0 Å². The number of carbonyl (C=O) groups is 1. The molecule has 0 spiro atoms. The largest absolute Gasteiger partial charge is 0.311 e. The molecule has 1 aromatic carbocycles.